The van der Waals surface area contributed by atoms with Gasteiger partial charge in [0.1, 0.15) is 11.4 Å². The SMILES string of the molecule is COc1cc(C(=O)Nc2nn[nH]n2)nc(-c2ccc(C)c(C)c2)c1. The molecule has 3 rings (SSSR count). The van der Waals surface area contributed by atoms with Crippen LogP contribution in [-0.2, 0) is 0 Å². The largest absolute Gasteiger partial charge is 0.497 e. The Balaban J connectivity index is 1.98. The van der Waals surface area contributed by atoms with Crippen LogP contribution in [0.1, 0.15) is 21.6 Å². The van der Waals surface area contributed by atoms with Crippen LogP contribution < -0.4 is 10.1 Å². The van der Waals surface area contributed by atoms with Gasteiger partial charge in [-0.25, -0.2) is 4.98 Å². The molecule has 2 N–H and O–H groups in total. The maximum absolute atomic E-state index is 12.3. The van der Waals surface area contributed by atoms with Gasteiger partial charge < -0.3 is 4.74 Å². The van der Waals surface area contributed by atoms with Gasteiger partial charge in [0.05, 0.1) is 12.8 Å². The predicted octanol–water partition coefficient (Wildman–Crippen LogP) is 2.14. The molecular formula is C16H16N6O2. The molecule has 8 heteroatoms. The number of aromatic amines is 1. The van der Waals surface area contributed by atoms with Crippen LogP contribution in [0, 0.1) is 13.8 Å². The first-order chi connectivity index (χ1) is 11.6. The molecule has 0 aliphatic carbocycles. The van der Waals surface area contributed by atoms with E-state index in [9.17, 15) is 4.79 Å². The van der Waals surface area contributed by atoms with Gasteiger partial charge in [0.2, 0.25) is 0 Å². The van der Waals surface area contributed by atoms with Crippen molar-refractivity contribution < 1.29 is 9.53 Å². The third kappa shape index (κ3) is 3.22. The Morgan fingerprint density at radius 1 is 1.17 bits per heavy atom. The molecule has 0 atom stereocenters. The zero-order valence-electron chi connectivity index (χ0n) is 13.5. The Morgan fingerprint density at radius 3 is 2.67 bits per heavy atom. The number of rotatable bonds is 4. The number of benzene rings is 1. The quantitative estimate of drug-likeness (QED) is 0.761. The summed E-state index contributed by atoms with van der Waals surface area (Å²) < 4.78 is 5.29. The molecule has 8 nitrogen and oxygen atoms in total. The van der Waals surface area contributed by atoms with Crippen molar-refractivity contribution in [1.29, 1.82) is 0 Å². The fourth-order valence-corrected chi connectivity index (χ4v) is 2.17. The number of nitrogens with one attached hydrogen (secondary N) is 2. The summed E-state index contributed by atoms with van der Waals surface area (Å²) >= 11 is 0. The van der Waals surface area contributed by atoms with Gasteiger partial charge in [-0.1, -0.05) is 17.2 Å². The Kier molecular flexibility index (Phi) is 4.19. The number of aryl methyl sites for hydroxylation is 2. The van der Waals surface area contributed by atoms with Crippen LogP contribution in [0.4, 0.5) is 5.95 Å². The second kappa shape index (κ2) is 6.45. The fraction of sp³-hybridized carbons (Fsp3) is 0.188. The number of carbonyl (C=O) groups excluding carboxylic acids is 1. The summed E-state index contributed by atoms with van der Waals surface area (Å²) in [5.74, 6) is 0.175. The van der Waals surface area contributed by atoms with Gasteiger partial charge >= 0.3 is 0 Å². The lowest BCUT2D eigenvalue weighted by atomic mass is 10.0. The number of hydrogen-bond donors (Lipinski definition) is 2. The summed E-state index contributed by atoms with van der Waals surface area (Å²) in [5, 5.41) is 15.5. The fourth-order valence-electron chi connectivity index (χ4n) is 2.17. The highest BCUT2D eigenvalue weighted by Crippen LogP contribution is 2.25. The number of hydrogen-bond acceptors (Lipinski definition) is 6. The van der Waals surface area contributed by atoms with E-state index in [2.05, 4.69) is 30.9 Å². The first kappa shape index (κ1) is 15.6. The van der Waals surface area contributed by atoms with Crippen molar-refractivity contribution >= 4 is 11.9 Å². The predicted molar refractivity (Wildman–Crippen MR) is 87.8 cm³/mol. The lowest BCUT2D eigenvalue weighted by molar-refractivity contribution is 0.102. The van der Waals surface area contributed by atoms with Gasteiger partial charge in [-0.3, -0.25) is 10.1 Å². The van der Waals surface area contributed by atoms with Gasteiger partial charge in [-0.15, -0.1) is 5.10 Å². The average Bonchev–Trinajstić information content (AvgIpc) is 3.09. The lowest BCUT2D eigenvalue weighted by Gasteiger charge is -2.09. The highest BCUT2D eigenvalue weighted by molar-refractivity contribution is 6.02. The molecule has 122 valence electrons. The molecular weight excluding hydrogens is 308 g/mol. The Morgan fingerprint density at radius 2 is 2.00 bits per heavy atom. The molecule has 2 aromatic heterocycles. The normalized spacial score (nSPS) is 10.5. The number of aromatic nitrogens is 5. The highest BCUT2D eigenvalue weighted by Gasteiger charge is 2.14. The van der Waals surface area contributed by atoms with E-state index < -0.39 is 5.91 Å². The molecule has 3 aromatic rings. The van der Waals surface area contributed by atoms with Crippen LogP contribution in [0.25, 0.3) is 11.3 Å². The molecule has 0 bridgehead atoms. The summed E-state index contributed by atoms with van der Waals surface area (Å²) in [7, 11) is 1.54. The Hall–Kier alpha value is -3.29. The van der Waals surface area contributed by atoms with Crippen molar-refractivity contribution in [3.8, 4) is 17.0 Å². The van der Waals surface area contributed by atoms with E-state index in [0.717, 1.165) is 11.1 Å². The monoisotopic (exact) mass is 324 g/mol. The van der Waals surface area contributed by atoms with E-state index in [4.69, 9.17) is 4.74 Å². The molecule has 0 aliphatic rings. The zero-order valence-corrected chi connectivity index (χ0v) is 13.5. The standard InChI is InChI=1S/C16H16N6O2/c1-9-4-5-11(6-10(9)2)13-7-12(24-3)8-14(17-13)15(23)18-16-19-21-22-20-16/h4-8H,1-3H3,(H2,18,19,20,21,22,23). The Labute approximate surface area is 138 Å². The van der Waals surface area contributed by atoms with Crippen LogP contribution in [0.15, 0.2) is 30.3 Å². The van der Waals surface area contributed by atoms with Crippen molar-refractivity contribution in [2.24, 2.45) is 0 Å². The van der Waals surface area contributed by atoms with Crippen LogP contribution in [0.3, 0.4) is 0 Å². The van der Waals surface area contributed by atoms with E-state index >= 15 is 0 Å². The summed E-state index contributed by atoms with van der Waals surface area (Å²) in [4.78, 5) is 16.8. The molecule has 24 heavy (non-hydrogen) atoms. The van der Waals surface area contributed by atoms with Gasteiger partial charge in [0, 0.05) is 17.7 Å². The van der Waals surface area contributed by atoms with Crippen molar-refractivity contribution in [3.63, 3.8) is 0 Å². The molecule has 1 amide bonds. The van der Waals surface area contributed by atoms with Crippen LogP contribution in [-0.4, -0.2) is 38.6 Å². The van der Waals surface area contributed by atoms with Crippen LogP contribution >= 0.6 is 0 Å². The van der Waals surface area contributed by atoms with Crippen LogP contribution in [0.2, 0.25) is 0 Å². The molecule has 0 radical (unpaired) electrons. The number of carbonyl (C=O) groups is 1. The number of H-pyrrole nitrogens is 1. The topological polar surface area (TPSA) is 106 Å². The van der Waals surface area contributed by atoms with Crippen molar-refractivity contribution in [3.05, 3.63) is 47.2 Å². The van der Waals surface area contributed by atoms with Crippen molar-refractivity contribution in [2.75, 3.05) is 12.4 Å². The van der Waals surface area contributed by atoms with E-state index in [1.807, 2.05) is 32.0 Å². The molecule has 1 aromatic carbocycles. The molecule has 0 aliphatic heterocycles. The average molecular weight is 324 g/mol. The summed E-state index contributed by atoms with van der Waals surface area (Å²) in [6.07, 6.45) is 0. The molecule has 2 heterocycles. The first-order valence-electron chi connectivity index (χ1n) is 7.25. The third-order valence-electron chi connectivity index (χ3n) is 3.64. The third-order valence-corrected chi connectivity index (χ3v) is 3.64. The summed E-state index contributed by atoms with van der Waals surface area (Å²) in [6.45, 7) is 4.07. The van der Waals surface area contributed by atoms with Gasteiger partial charge in [0.15, 0.2) is 0 Å². The second-order valence-corrected chi connectivity index (χ2v) is 5.27. The van der Waals surface area contributed by atoms with Gasteiger partial charge in [0.25, 0.3) is 11.9 Å². The van der Waals surface area contributed by atoms with Crippen molar-refractivity contribution in [2.45, 2.75) is 13.8 Å². The smallest absolute Gasteiger partial charge is 0.276 e. The van der Waals surface area contributed by atoms with E-state index in [0.29, 0.717) is 11.4 Å². The minimum Gasteiger partial charge on any atom is -0.497 e. The van der Waals surface area contributed by atoms with E-state index in [1.54, 1.807) is 19.2 Å². The number of methoxy groups -OCH3 is 1. The number of ether oxygens (including phenoxy) is 1. The molecule has 0 saturated heterocycles. The lowest BCUT2D eigenvalue weighted by Crippen LogP contribution is -2.15. The zero-order chi connectivity index (χ0) is 17.1. The second-order valence-electron chi connectivity index (χ2n) is 5.27. The van der Waals surface area contributed by atoms with E-state index in [-0.39, 0.29) is 11.6 Å². The first-order valence-corrected chi connectivity index (χ1v) is 7.25. The number of nitrogens with zero attached hydrogens (tertiary/aromatic N) is 4. The minimum absolute atomic E-state index is 0.0809. The van der Waals surface area contributed by atoms with E-state index in [1.165, 1.54) is 5.56 Å². The van der Waals surface area contributed by atoms with Gasteiger partial charge in [-0.05, 0) is 36.3 Å². The maximum atomic E-state index is 12.3. The van der Waals surface area contributed by atoms with Crippen LogP contribution in [0.5, 0.6) is 5.75 Å². The summed E-state index contributed by atoms with van der Waals surface area (Å²) in [5.41, 5.74) is 4.10. The minimum atomic E-state index is -0.444. The maximum Gasteiger partial charge on any atom is 0.276 e. The summed E-state index contributed by atoms with van der Waals surface area (Å²) in [6, 6.07) is 9.35. The number of amides is 1. The molecule has 0 unspecified atom stereocenters. The number of tetrazole rings is 1. The molecule has 0 fully saturated rings. The number of pyridine rings is 1. The molecule has 0 saturated carbocycles. The highest BCUT2D eigenvalue weighted by atomic mass is 16.5. The molecule has 0 spiro atoms. The van der Waals surface area contributed by atoms with Crippen molar-refractivity contribution in [1.82, 2.24) is 25.6 Å². The Bertz CT molecular complexity index is 876. The number of anilines is 1. The van der Waals surface area contributed by atoms with Gasteiger partial charge in [-0.2, -0.15) is 5.21 Å².